The van der Waals surface area contributed by atoms with Crippen molar-refractivity contribution in [3.63, 3.8) is 0 Å². The zero-order chi connectivity index (χ0) is 8.70. The third kappa shape index (κ3) is 1.30. The largest absolute Gasteiger partial charge is 0.347 e. The molecule has 2 nitrogen and oxygen atoms in total. The van der Waals surface area contributed by atoms with E-state index in [4.69, 9.17) is 0 Å². The van der Waals surface area contributed by atoms with Gasteiger partial charge in [0.15, 0.2) is 0 Å². The van der Waals surface area contributed by atoms with E-state index < -0.39 is 0 Å². The molecule has 62 valence electrons. The molecule has 0 bridgehead atoms. The molecule has 0 radical (unpaired) electrons. The molecule has 1 aliphatic rings. The minimum atomic E-state index is -0.0712. The van der Waals surface area contributed by atoms with Gasteiger partial charge < -0.3 is 5.32 Å². The lowest BCUT2D eigenvalue weighted by Crippen LogP contribution is -2.36. The van der Waals surface area contributed by atoms with Crippen LogP contribution in [0.1, 0.15) is 27.2 Å². The third-order valence-electron chi connectivity index (χ3n) is 2.75. The molecule has 0 spiro atoms. The first-order valence-corrected chi connectivity index (χ1v) is 3.86. The lowest BCUT2D eigenvalue weighted by Gasteiger charge is -2.15. The summed E-state index contributed by atoms with van der Waals surface area (Å²) in [7, 11) is 0. The zero-order valence-corrected chi connectivity index (χ0v) is 7.40. The highest BCUT2D eigenvalue weighted by Gasteiger charge is 2.58. The van der Waals surface area contributed by atoms with Gasteiger partial charge in [0.25, 0.3) is 0 Å². The topological polar surface area (TPSA) is 29.1 Å². The summed E-state index contributed by atoms with van der Waals surface area (Å²) in [5, 5.41) is 2.91. The molecule has 0 aromatic rings. The van der Waals surface area contributed by atoms with E-state index >= 15 is 0 Å². The van der Waals surface area contributed by atoms with Crippen molar-refractivity contribution < 1.29 is 4.79 Å². The van der Waals surface area contributed by atoms with Crippen LogP contribution < -0.4 is 5.32 Å². The minimum absolute atomic E-state index is 0.00171. The van der Waals surface area contributed by atoms with Gasteiger partial charge in [0.1, 0.15) is 0 Å². The third-order valence-corrected chi connectivity index (χ3v) is 2.75. The van der Waals surface area contributed by atoms with Gasteiger partial charge in [0, 0.05) is 5.54 Å². The molecule has 0 heterocycles. The maximum atomic E-state index is 10.9. The second-order valence-electron chi connectivity index (χ2n) is 4.09. The van der Waals surface area contributed by atoms with E-state index in [9.17, 15) is 4.79 Å². The average molecular weight is 153 g/mol. The normalized spacial score (nSPS) is 32.6. The number of nitrogens with one attached hydrogen (secondary N) is 1. The van der Waals surface area contributed by atoms with Crippen molar-refractivity contribution in [1.29, 1.82) is 0 Å². The van der Waals surface area contributed by atoms with Crippen LogP contribution in [0.2, 0.25) is 0 Å². The Morgan fingerprint density at radius 3 is 2.27 bits per heavy atom. The first-order chi connectivity index (χ1) is 4.91. The van der Waals surface area contributed by atoms with E-state index in [2.05, 4.69) is 32.7 Å². The fourth-order valence-corrected chi connectivity index (χ4v) is 1.38. The lowest BCUT2D eigenvalue weighted by molar-refractivity contribution is -0.117. The van der Waals surface area contributed by atoms with Gasteiger partial charge in [-0.3, -0.25) is 4.79 Å². The molecule has 1 atom stereocenters. The SMILES string of the molecule is C=CC(=O)NC1(C)CC1(C)C. The lowest BCUT2D eigenvalue weighted by atomic mass is 10.1. The predicted octanol–water partition coefficient (Wildman–Crippen LogP) is 1.48. The fourth-order valence-electron chi connectivity index (χ4n) is 1.38. The van der Waals surface area contributed by atoms with E-state index in [1.54, 1.807) is 0 Å². The highest BCUT2D eigenvalue weighted by molar-refractivity contribution is 5.87. The maximum Gasteiger partial charge on any atom is 0.243 e. The van der Waals surface area contributed by atoms with Crippen molar-refractivity contribution in [3.8, 4) is 0 Å². The first kappa shape index (κ1) is 8.31. The van der Waals surface area contributed by atoms with Crippen molar-refractivity contribution in [2.24, 2.45) is 5.41 Å². The molecule has 1 saturated carbocycles. The molecule has 0 aromatic heterocycles. The summed E-state index contributed by atoms with van der Waals surface area (Å²) in [4.78, 5) is 10.9. The average Bonchev–Trinajstić information content (AvgIpc) is 2.31. The maximum absolute atomic E-state index is 10.9. The van der Waals surface area contributed by atoms with E-state index in [-0.39, 0.29) is 16.9 Å². The second-order valence-corrected chi connectivity index (χ2v) is 4.09. The van der Waals surface area contributed by atoms with Crippen LogP contribution in [0, 0.1) is 5.41 Å². The molecule has 2 heteroatoms. The Bertz CT molecular complexity index is 208. The van der Waals surface area contributed by atoms with E-state index in [0.717, 1.165) is 6.42 Å². The Morgan fingerprint density at radius 2 is 2.00 bits per heavy atom. The Morgan fingerprint density at radius 1 is 1.55 bits per heavy atom. The van der Waals surface area contributed by atoms with Crippen molar-refractivity contribution in [2.75, 3.05) is 0 Å². The van der Waals surface area contributed by atoms with Crippen LogP contribution in [0.25, 0.3) is 0 Å². The molecular weight excluding hydrogens is 138 g/mol. The van der Waals surface area contributed by atoms with Crippen LogP contribution >= 0.6 is 0 Å². The van der Waals surface area contributed by atoms with Crippen molar-refractivity contribution in [2.45, 2.75) is 32.7 Å². The molecule has 1 N–H and O–H groups in total. The van der Waals surface area contributed by atoms with Crippen LogP contribution in [0.15, 0.2) is 12.7 Å². The second kappa shape index (κ2) is 2.10. The summed E-state index contributed by atoms with van der Waals surface area (Å²) in [5.74, 6) is -0.0712. The monoisotopic (exact) mass is 153 g/mol. The Hall–Kier alpha value is -0.790. The summed E-state index contributed by atoms with van der Waals surface area (Å²) in [6, 6.07) is 0. The summed E-state index contributed by atoms with van der Waals surface area (Å²) >= 11 is 0. The number of hydrogen-bond donors (Lipinski definition) is 1. The van der Waals surface area contributed by atoms with Gasteiger partial charge in [0.05, 0.1) is 0 Å². The van der Waals surface area contributed by atoms with E-state index in [1.807, 2.05) is 0 Å². The number of amides is 1. The van der Waals surface area contributed by atoms with Gasteiger partial charge >= 0.3 is 0 Å². The molecule has 0 aliphatic heterocycles. The molecular formula is C9H15NO. The Balaban J connectivity index is 2.53. The zero-order valence-electron chi connectivity index (χ0n) is 7.40. The van der Waals surface area contributed by atoms with E-state index in [0.29, 0.717) is 0 Å². The Kier molecular flexibility index (Phi) is 1.58. The smallest absolute Gasteiger partial charge is 0.243 e. The molecule has 11 heavy (non-hydrogen) atoms. The van der Waals surface area contributed by atoms with Gasteiger partial charge in [-0.05, 0) is 24.8 Å². The van der Waals surface area contributed by atoms with Crippen LogP contribution in [0.4, 0.5) is 0 Å². The summed E-state index contributed by atoms with van der Waals surface area (Å²) in [6.45, 7) is 9.77. The van der Waals surface area contributed by atoms with Crippen molar-refractivity contribution in [1.82, 2.24) is 5.32 Å². The standard InChI is InChI=1S/C9H15NO/c1-5-7(11)10-9(4)6-8(9,2)3/h5H,1,6H2,2-4H3,(H,10,11). The van der Waals surface area contributed by atoms with Crippen molar-refractivity contribution >= 4 is 5.91 Å². The van der Waals surface area contributed by atoms with Crippen LogP contribution in [0.5, 0.6) is 0 Å². The van der Waals surface area contributed by atoms with Crippen LogP contribution in [-0.2, 0) is 4.79 Å². The number of hydrogen-bond acceptors (Lipinski definition) is 1. The van der Waals surface area contributed by atoms with Crippen molar-refractivity contribution in [3.05, 3.63) is 12.7 Å². The quantitative estimate of drug-likeness (QED) is 0.598. The number of carbonyl (C=O) groups is 1. The van der Waals surface area contributed by atoms with Gasteiger partial charge in [-0.15, -0.1) is 0 Å². The first-order valence-electron chi connectivity index (χ1n) is 3.86. The van der Waals surface area contributed by atoms with E-state index in [1.165, 1.54) is 6.08 Å². The summed E-state index contributed by atoms with van der Waals surface area (Å²) in [5.41, 5.74) is 0.254. The summed E-state index contributed by atoms with van der Waals surface area (Å²) < 4.78 is 0. The molecule has 1 aliphatic carbocycles. The molecule has 1 fully saturated rings. The molecule has 1 rings (SSSR count). The Labute approximate surface area is 67.7 Å². The molecule has 1 amide bonds. The number of rotatable bonds is 2. The fraction of sp³-hybridized carbons (Fsp3) is 0.667. The van der Waals surface area contributed by atoms with Gasteiger partial charge in [-0.2, -0.15) is 0 Å². The molecule has 0 aromatic carbocycles. The predicted molar refractivity (Wildman–Crippen MR) is 45.1 cm³/mol. The highest BCUT2D eigenvalue weighted by Crippen LogP contribution is 2.55. The number of carbonyl (C=O) groups excluding carboxylic acids is 1. The molecule has 0 saturated heterocycles. The van der Waals surface area contributed by atoms with Gasteiger partial charge in [-0.25, -0.2) is 0 Å². The highest BCUT2D eigenvalue weighted by atomic mass is 16.1. The summed E-state index contributed by atoms with van der Waals surface area (Å²) in [6.07, 6.45) is 2.37. The molecule has 1 unspecified atom stereocenters. The van der Waals surface area contributed by atoms with Crippen LogP contribution in [0.3, 0.4) is 0 Å². The minimum Gasteiger partial charge on any atom is -0.347 e. The van der Waals surface area contributed by atoms with Gasteiger partial charge in [0.2, 0.25) is 5.91 Å². The van der Waals surface area contributed by atoms with Crippen LogP contribution in [-0.4, -0.2) is 11.4 Å². The van der Waals surface area contributed by atoms with Gasteiger partial charge in [-0.1, -0.05) is 20.4 Å².